The number of ether oxygens (including phenoxy) is 1. The lowest BCUT2D eigenvalue weighted by atomic mass is 9.96. The minimum atomic E-state index is -2.59. The van der Waals surface area contributed by atoms with E-state index in [-0.39, 0.29) is 24.2 Å². The first kappa shape index (κ1) is 19.0. The van der Waals surface area contributed by atoms with Crippen LogP contribution in [-0.2, 0) is 0 Å². The predicted molar refractivity (Wildman–Crippen MR) is 90.6 cm³/mol. The molecule has 26 heavy (non-hydrogen) atoms. The number of alkyl halides is 2. The van der Waals surface area contributed by atoms with Crippen molar-refractivity contribution in [1.82, 2.24) is 19.9 Å². The lowest BCUT2D eigenvalue weighted by Crippen LogP contribution is -2.41. The van der Waals surface area contributed by atoms with Crippen LogP contribution in [0.1, 0.15) is 35.9 Å². The molecule has 0 aliphatic carbocycles. The Bertz CT molecular complexity index is 709. The molecule has 6 nitrogen and oxygen atoms in total. The molecule has 1 aliphatic rings. The highest BCUT2D eigenvalue weighted by Gasteiger charge is 2.30. The Hall–Kier alpha value is -1.78. The maximum Gasteiger partial charge on any atom is 0.311 e. The monoisotopic (exact) mass is 387 g/mol. The number of thiazole rings is 1. The summed E-state index contributed by atoms with van der Waals surface area (Å²) in [6, 6.07) is 1.27. The molecule has 1 unspecified atom stereocenters. The summed E-state index contributed by atoms with van der Waals surface area (Å²) in [5.74, 6) is 0.504. The van der Waals surface area contributed by atoms with Gasteiger partial charge in [0.05, 0.1) is 23.0 Å². The number of halogens is 3. The zero-order valence-corrected chi connectivity index (χ0v) is 14.8. The molecule has 1 atom stereocenters. The standard InChI is InChI=1S/C16H20F3N5OS/c17-15(18)13-14(26-9-22-13)11(7-20)24-5-2-10(3-6-24)8-25-12-1-4-21-16(19)23-12/h1,4,9-11,15H,2-3,5-8,20H2. The zero-order valence-electron chi connectivity index (χ0n) is 14.0. The largest absolute Gasteiger partial charge is 0.477 e. The van der Waals surface area contributed by atoms with Gasteiger partial charge in [0.2, 0.25) is 5.88 Å². The fraction of sp³-hybridized carbons (Fsp3) is 0.562. The van der Waals surface area contributed by atoms with Crippen molar-refractivity contribution in [3.05, 3.63) is 34.4 Å². The molecule has 0 spiro atoms. The summed E-state index contributed by atoms with van der Waals surface area (Å²) in [6.07, 6.45) is -0.423. The molecule has 2 aromatic heterocycles. The van der Waals surface area contributed by atoms with Crippen LogP contribution in [0, 0.1) is 12.0 Å². The van der Waals surface area contributed by atoms with Crippen molar-refractivity contribution in [3.8, 4) is 5.88 Å². The van der Waals surface area contributed by atoms with Crippen LogP contribution < -0.4 is 10.5 Å². The van der Waals surface area contributed by atoms with Crippen LogP contribution >= 0.6 is 11.3 Å². The number of hydrogen-bond acceptors (Lipinski definition) is 7. The van der Waals surface area contributed by atoms with E-state index in [2.05, 4.69) is 19.9 Å². The summed E-state index contributed by atoms with van der Waals surface area (Å²) in [4.78, 5) is 13.4. The fourth-order valence-corrected chi connectivity index (χ4v) is 4.08. The van der Waals surface area contributed by atoms with E-state index in [4.69, 9.17) is 10.5 Å². The van der Waals surface area contributed by atoms with Gasteiger partial charge in [-0.2, -0.15) is 9.37 Å². The summed E-state index contributed by atoms with van der Waals surface area (Å²) in [5.41, 5.74) is 7.15. The van der Waals surface area contributed by atoms with Crippen LogP contribution in [0.4, 0.5) is 13.2 Å². The van der Waals surface area contributed by atoms with Gasteiger partial charge in [-0.15, -0.1) is 11.3 Å². The maximum atomic E-state index is 13.1. The van der Waals surface area contributed by atoms with Crippen LogP contribution in [0.25, 0.3) is 0 Å². The van der Waals surface area contributed by atoms with Gasteiger partial charge in [-0.25, -0.2) is 18.7 Å². The van der Waals surface area contributed by atoms with Crippen LogP contribution in [0.2, 0.25) is 0 Å². The second-order valence-corrected chi connectivity index (χ2v) is 6.99. The summed E-state index contributed by atoms with van der Waals surface area (Å²) in [6.45, 7) is 2.16. The molecular weight excluding hydrogens is 367 g/mol. The SMILES string of the molecule is NCC(c1scnc1C(F)F)N1CCC(COc2ccnc(F)n2)CC1. The Morgan fingerprint density at radius 3 is 2.73 bits per heavy atom. The summed E-state index contributed by atoms with van der Waals surface area (Å²) < 4.78 is 44.7. The van der Waals surface area contributed by atoms with Crippen molar-refractivity contribution < 1.29 is 17.9 Å². The highest BCUT2D eigenvalue weighted by molar-refractivity contribution is 7.09. The Balaban J connectivity index is 1.54. The normalized spacial score (nSPS) is 17.6. The highest BCUT2D eigenvalue weighted by atomic mass is 32.1. The van der Waals surface area contributed by atoms with E-state index >= 15 is 0 Å². The maximum absolute atomic E-state index is 13.1. The van der Waals surface area contributed by atoms with Crippen molar-refractivity contribution in [2.24, 2.45) is 11.7 Å². The van der Waals surface area contributed by atoms with E-state index in [0.29, 0.717) is 17.4 Å². The first-order chi connectivity index (χ1) is 12.6. The van der Waals surface area contributed by atoms with E-state index in [1.54, 1.807) is 0 Å². The Morgan fingerprint density at radius 2 is 2.08 bits per heavy atom. The third kappa shape index (κ3) is 4.49. The van der Waals surface area contributed by atoms with E-state index in [0.717, 1.165) is 25.9 Å². The van der Waals surface area contributed by atoms with Gasteiger partial charge in [-0.3, -0.25) is 4.90 Å². The molecule has 0 aromatic carbocycles. The first-order valence-corrected chi connectivity index (χ1v) is 9.23. The van der Waals surface area contributed by atoms with Crippen molar-refractivity contribution >= 4 is 11.3 Å². The molecule has 1 fully saturated rings. The highest BCUT2D eigenvalue weighted by Crippen LogP contribution is 2.34. The zero-order chi connectivity index (χ0) is 18.5. The molecule has 0 bridgehead atoms. The second-order valence-electron chi connectivity index (χ2n) is 6.11. The molecule has 2 aromatic rings. The van der Waals surface area contributed by atoms with Crippen LogP contribution in [0.5, 0.6) is 5.88 Å². The summed E-state index contributed by atoms with van der Waals surface area (Å²) in [5, 5.41) is 0. The molecular formula is C16H20F3N5OS. The first-order valence-electron chi connectivity index (χ1n) is 8.35. The number of likely N-dealkylation sites (tertiary alicyclic amines) is 1. The lowest BCUT2D eigenvalue weighted by molar-refractivity contribution is 0.104. The molecule has 0 amide bonds. The van der Waals surface area contributed by atoms with Gasteiger partial charge in [0.15, 0.2) is 0 Å². The number of rotatable bonds is 7. The van der Waals surface area contributed by atoms with Gasteiger partial charge in [-0.05, 0) is 31.8 Å². The minimum Gasteiger partial charge on any atom is -0.477 e. The van der Waals surface area contributed by atoms with Gasteiger partial charge in [0, 0.05) is 18.8 Å². The van der Waals surface area contributed by atoms with Crippen molar-refractivity contribution in [2.45, 2.75) is 25.3 Å². The molecule has 0 radical (unpaired) electrons. The molecule has 0 saturated carbocycles. The number of piperidine rings is 1. The van der Waals surface area contributed by atoms with E-state index in [9.17, 15) is 13.2 Å². The van der Waals surface area contributed by atoms with Gasteiger partial charge in [0.25, 0.3) is 6.43 Å². The Labute approximate surface area is 153 Å². The van der Waals surface area contributed by atoms with Crippen molar-refractivity contribution in [1.29, 1.82) is 0 Å². The number of nitrogens with zero attached hydrogens (tertiary/aromatic N) is 4. The topological polar surface area (TPSA) is 77.2 Å². The summed E-state index contributed by atoms with van der Waals surface area (Å²) >= 11 is 1.23. The van der Waals surface area contributed by atoms with E-state index < -0.39 is 12.5 Å². The van der Waals surface area contributed by atoms with Crippen molar-refractivity contribution in [3.63, 3.8) is 0 Å². The third-order valence-corrected chi connectivity index (χ3v) is 5.46. The molecule has 1 saturated heterocycles. The Kier molecular flexibility index (Phi) is 6.38. The molecule has 142 valence electrons. The quantitative estimate of drug-likeness (QED) is 0.736. The van der Waals surface area contributed by atoms with Gasteiger partial charge in [-0.1, -0.05) is 0 Å². The number of nitrogens with two attached hydrogens (primary N) is 1. The number of hydrogen-bond donors (Lipinski definition) is 1. The average Bonchev–Trinajstić information content (AvgIpc) is 3.11. The van der Waals surface area contributed by atoms with Crippen LogP contribution in [0.15, 0.2) is 17.8 Å². The van der Waals surface area contributed by atoms with E-state index in [1.165, 1.54) is 29.1 Å². The van der Waals surface area contributed by atoms with E-state index in [1.807, 2.05) is 0 Å². The molecule has 3 heterocycles. The minimum absolute atomic E-state index is 0.165. The predicted octanol–water partition coefficient (Wildman–Crippen LogP) is 2.80. The van der Waals surface area contributed by atoms with Crippen LogP contribution in [-0.4, -0.2) is 46.1 Å². The fourth-order valence-electron chi connectivity index (χ4n) is 3.13. The smallest absolute Gasteiger partial charge is 0.311 e. The second kappa shape index (κ2) is 8.74. The van der Waals surface area contributed by atoms with Gasteiger partial charge in [0.1, 0.15) is 5.69 Å². The van der Waals surface area contributed by atoms with Gasteiger partial charge < -0.3 is 10.5 Å². The molecule has 3 rings (SSSR count). The van der Waals surface area contributed by atoms with Crippen LogP contribution in [0.3, 0.4) is 0 Å². The molecule has 1 aliphatic heterocycles. The Morgan fingerprint density at radius 1 is 1.31 bits per heavy atom. The van der Waals surface area contributed by atoms with Gasteiger partial charge >= 0.3 is 6.08 Å². The number of aromatic nitrogens is 3. The average molecular weight is 387 g/mol. The summed E-state index contributed by atoms with van der Waals surface area (Å²) in [7, 11) is 0. The lowest BCUT2D eigenvalue weighted by Gasteiger charge is -2.36. The molecule has 10 heteroatoms. The van der Waals surface area contributed by atoms with Crippen molar-refractivity contribution in [2.75, 3.05) is 26.2 Å². The molecule has 2 N–H and O–H groups in total. The third-order valence-electron chi connectivity index (χ3n) is 4.51.